The Labute approximate surface area is 141 Å². The highest BCUT2D eigenvalue weighted by Gasteiger charge is 2.21. The average molecular weight is 325 g/mol. The van der Waals surface area contributed by atoms with Crippen molar-refractivity contribution in [2.24, 2.45) is 0 Å². The Morgan fingerprint density at radius 3 is 2.83 bits per heavy atom. The Hall–Kier alpha value is -2.42. The summed E-state index contributed by atoms with van der Waals surface area (Å²) in [6.45, 7) is 3.81. The summed E-state index contributed by atoms with van der Waals surface area (Å²) in [7, 11) is 0. The van der Waals surface area contributed by atoms with Crippen molar-refractivity contribution in [1.29, 1.82) is 5.26 Å². The fourth-order valence-electron chi connectivity index (χ4n) is 2.90. The van der Waals surface area contributed by atoms with E-state index in [-0.39, 0.29) is 11.7 Å². The lowest BCUT2D eigenvalue weighted by Crippen LogP contribution is -2.44. The van der Waals surface area contributed by atoms with Crippen molar-refractivity contribution in [3.8, 4) is 6.07 Å². The SMILES string of the molecule is N#Cc1c(F)cccc1NCC1CN(Cc2ccccc2)CCO1. The molecule has 1 unspecified atom stereocenters. The molecule has 0 aromatic heterocycles. The van der Waals surface area contributed by atoms with Crippen LogP contribution in [0.1, 0.15) is 11.1 Å². The molecule has 0 bridgehead atoms. The van der Waals surface area contributed by atoms with Crippen LogP contribution in [0.5, 0.6) is 0 Å². The van der Waals surface area contributed by atoms with E-state index in [0.717, 1.165) is 19.6 Å². The van der Waals surface area contributed by atoms with Gasteiger partial charge in [-0.15, -0.1) is 0 Å². The van der Waals surface area contributed by atoms with Gasteiger partial charge in [-0.2, -0.15) is 5.26 Å². The molecule has 4 nitrogen and oxygen atoms in total. The molecule has 1 saturated heterocycles. The number of anilines is 1. The fourth-order valence-corrected chi connectivity index (χ4v) is 2.90. The molecular weight excluding hydrogens is 305 g/mol. The van der Waals surface area contributed by atoms with Gasteiger partial charge in [0.05, 0.1) is 18.4 Å². The first-order valence-electron chi connectivity index (χ1n) is 8.06. The Morgan fingerprint density at radius 1 is 1.21 bits per heavy atom. The van der Waals surface area contributed by atoms with Crippen molar-refractivity contribution < 1.29 is 9.13 Å². The van der Waals surface area contributed by atoms with E-state index >= 15 is 0 Å². The summed E-state index contributed by atoms with van der Waals surface area (Å²) < 4.78 is 19.4. The molecule has 2 aromatic rings. The van der Waals surface area contributed by atoms with Crippen LogP contribution in [-0.4, -0.2) is 37.2 Å². The van der Waals surface area contributed by atoms with Gasteiger partial charge in [-0.05, 0) is 17.7 Å². The molecule has 0 saturated carbocycles. The maximum Gasteiger partial charge on any atom is 0.143 e. The van der Waals surface area contributed by atoms with Crippen LogP contribution in [0.3, 0.4) is 0 Å². The molecule has 1 fully saturated rings. The highest BCUT2D eigenvalue weighted by Crippen LogP contribution is 2.18. The van der Waals surface area contributed by atoms with E-state index < -0.39 is 5.82 Å². The van der Waals surface area contributed by atoms with E-state index in [1.54, 1.807) is 12.1 Å². The molecule has 0 amide bonds. The van der Waals surface area contributed by atoms with E-state index in [1.165, 1.54) is 11.6 Å². The summed E-state index contributed by atoms with van der Waals surface area (Å²) in [5.74, 6) is -0.502. The number of nitriles is 1. The lowest BCUT2D eigenvalue weighted by Gasteiger charge is -2.33. The molecule has 1 aliphatic heterocycles. The first-order chi connectivity index (χ1) is 11.8. The lowest BCUT2D eigenvalue weighted by atomic mass is 10.1. The molecule has 0 aliphatic carbocycles. The van der Waals surface area contributed by atoms with Crippen LogP contribution in [0, 0.1) is 17.1 Å². The third-order valence-electron chi connectivity index (χ3n) is 4.12. The van der Waals surface area contributed by atoms with Gasteiger partial charge >= 0.3 is 0 Å². The van der Waals surface area contributed by atoms with E-state index in [9.17, 15) is 4.39 Å². The normalized spacial score (nSPS) is 18.1. The minimum absolute atomic E-state index is 0.0114. The van der Waals surface area contributed by atoms with Gasteiger partial charge in [0.25, 0.3) is 0 Å². The Kier molecular flexibility index (Phi) is 5.42. The van der Waals surface area contributed by atoms with Gasteiger partial charge in [-0.25, -0.2) is 4.39 Å². The van der Waals surface area contributed by atoms with Crippen molar-refractivity contribution in [3.05, 3.63) is 65.5 Å². The number of nitrogens with one attached hydrogen (secondary N) is 1. The molecule has 0 radical (unpaired) electrons. The topological polar surface area (TPSA) is 48.3 Å². The minimum atomic E-state index is -0.502. The molecule has 124 valence electrons. The number of halogens is 1. The van der Waals surface area contributed by atoms with Gasteiger partial charge in [-0.1, -0.05) is 36.4 Å². The summed E-state index contributed by atoms with van der Waals surface area (Å²) in [5, 5.41) is 12.2. The number of benzene rings is 2. The number of hydrogen-bond donors (Lipinski definition) is 1. The first-order valence-corrected chi connectivity index (χ1v) is 8.06. The summed E-state index contributed by atoms with van der Waals surface area (Å²) >= 11 is 0. The Morgan fingerprint density at radius 2 is 2.04 bits per heavy atom. The third kappa shape index (κ3) is 4.10. The van der Waals surface area contributed by atoms with E-state index in [1.807, 2.05) is 24.3 Å². The number of hydrogen-bond acceptors (Lipinski definition) is 4. The fraction of sp³-hybridized carbons (Fsp3) is 0.316. The van der Waals surface area contributed by atoms with Crippen molar-refractivity contribution in [1.82, 2.24) is 4.90 Å². The van der Waals surface area contributed by atoms with Crippen molar-refractivity contribution >= 4 is 5.69 Å². The first kappa shape index (κ1) is 16.4. The standard InChI is InChI=1S/C19H20FN3O/c20-18-7-4-8-19(17(18)11-21)22-12-16-14-23(9-10-24-16)13-15-5-2-1-3-6-15/h1-8,16,22H,9-10,12-14H2. The second-order valence-corrected chi connectivity index (χ2v) is 5.87. The second-order valence-electron chi connectivity index (χ2n) is 5.87. The molecule has 3 rings (SSSR count). The van der Waals surface area contributed by atoms with Gasteiger partial charge in [0.1, 0.15) is 17.4 Å². The molecule has 0 spiro atoms. The number of ether oxygens (including phenoxy) is 1. The van der Waals surface area contributed by atoms with Crippen molar-refractivity contribution in [2.75, 3.05) is 31.6 Å². The lowest BCUT2D eigenvalue weighted by molar-refractivity contribution is -0.0240. The van der Waals surface area contributed by atoms with Crippen molar-refractivity contribution in [2.45, 2.75) is 12.6 Å². The van der Waals surface area contributed by atoms with E-state index in [4.69, 9.17) is 10.00 Å². The number of morpholine rings is 1. The quantitative estimate of drug-likeness (QED) is 0.918. The summed E-state index contributed by atoms with van der Waals surface area (Å²) in [4.78, 5) is 2.35. The molecule has 24 heavy (non-hydrogen) atoms. The molecular formula is C19H20FN3O. The van der Waals surface area contributed by atoms with Crippen LogP contribution in [-0.2, 0) is 11.3 Å². The highest BCUT2D eigenvalue weighted by atomic mass is 19.1. The van der Waals surface area contributed by atoms with Crippen molar-refractivity contribution in [3.63, 3.8) is 0 Å². The zero-order valence-corrected chi connectivity index (χ0v) is 13.4. The van der Waals surface area contributed by atoms with Crippen LogP contribution < -0.4 is 5.32 Å². The predicted molar refractivity (Wildman–Crippen MR) is 91.1 cm³/mol. The maximum absolute atomic E-state index is 13.6. The van der Waals surface area contributed by atoms with Crippen LogP contribution in [0.15, 0.2) is 48.5 Å². The minimum Gasteiger partial charge on any atom is -0.381 e. The van der Waals surface area contributed by atoms with Gasteiger partial charge in [0.2, 0.25) is 0 Å². The van der Waals surface area contributed by atoms with Gasteiger partial charge < -0.3 is 10.1 Å². The largest absolute Gasteiger partial charge is 0.381 e. The molecule has 1 atom stereocenters. The Bertz CT molecular complexity index is 714. The van der Waals surface area contributed by atoms with Gasteiger partial charge in [-0.3, -0.25) is 4.90 Å². The van der Waals surface area contributed by atoms with Crippen LogP contribution in [0.25, 0.3) is 0 Å². The van der Waals surface area contributed by atoms with Crippen LogP contribution in [0.4, 0.5) is 10.1 Å². The molecule has 1 N–H and O–H groups in total. The average Bonchev–Trinajstić information content (AvgIpc) is 2.61. The van der Waals surface area contributed by atoms with Crippen LogP contribution in [0.2, 0.25) is 0 Å². The molecule has 1 aliphatic rings. The predicted octanol–water partition coefficient (Wildman–Crippen LogP) is 3.01. The van der Waals surface area contributed by atoms with E-state index in [0.29, 0.717) is 18.8 Å². The summed E-state index contributed by atoms with van der Waals surface area (Å²) in [5.41, 5.74) is 1.85. The maximum atomic E-state index is 13.6. The monoisotopic (exact) mass is 325 g/mol. The zero-order valence-electron chi connectivity index (χ0n) is 13.4. The highest BCUT2D eigenvalue weighted by molar-refractivity contribution is 5.57. The molecule has 1 heterocycles. The molecule has 2 aromatic carbocycles. The smallest absolute Gasteiger partial charge is 0.143 e. The number of nitrogens with zero attached hydrogens (tertiary/aromatic N) is 2. The van der Waals surface area contributed by atoms with E-state index in [2.05, 4.69) is 22.3 Å². The van der Waals surface area contributed by atoms with Gasteiger partial charge in [0, 0.05) is 26.2 Å². The second kappa shape index (κ2) is 7.91. The Balaban J connectivity index is 1.56. The molecule has 5 heteroatoms. The third-order valence-corrected chi connectivity index (χ3v) is 4.12. The number of rotatable bonds is 5. The summed E-state index contributed by atoms with van der Waals surface area (Å²) in [6.07, 6.45) is 0.0114. The zero-order chi connectivity index (χ0) is 16.8. The van der Waals surface area contributed by atoms with Crippen LogP contribution >= 0.6 is 0 Å². The summed E-state index contributed by atoms with van der Waals surface area (Å²) in [6, 6.07) is 16.9. The van der Waals surface area contributed by atoms with Gasteiger partial charge in [0.15, 0.2) is 0 Å².